The van der Waals surface area contributed by atoms with Gasteiger partial charge in [0.15, 0.2) is 0 Å². The van der Waals surface area contributed by atoms with Gasteiger partial charge in [0.05, 0.1) is 6.04 Å². The minimum Gasteiger partial charge on any atom is -0.474 e. The fraction of sp³-hybridized carbons (Fsp3) is 0.333. The Morgan fingerprint density at radius 1 is 1.80 bits per heavy atom. The first kappa shape index (κ1) is 10.2. The van der Waals surface area contributed by atoms with Crippen molar-refractivity contribution in [2.24, 2.45) is 0 Å². The number of ether oxygens (including phenoxy) is 1. The fourth-order valence-electron chi connectivity index (χ4n) is 1.50. The number of nitrogens with zero attached hydrogens (tertiary/aromatic N) is 2. The van der Waals surface area contributed by atoms with Crippen LogP contribution in [0.25, 0.3) is 0 Å². The molecule has 1 atom stereocenters. The van der Waals surface area contributed by atoms with Gasteiger partial charge in [-0.3, -0.25) is 4.90 Å². The molecule has 80 valence electrons. The SMILES string of the molecule is CC1COc2ncc(Br)cc2N1C(=O)O. The zero-order chi connectivity index (χ0) is 11.0. The molecule has 15 heavy (non-hydrogen) atoms. The van der Waals surface area contributed by atoms with Gasteiger partial charge in [0.1, 0.15) is 12.3 Å². The van der Waals surface area contributed by atoms with Crippen molar-refractivity contribution in [3.05, 3.63) is 16.7 Å². The van der Waals surface area contributed by atoms with E-state index < -0.39 is 6.09 Å². The number of amides is 1. The maximum atomic E-state index is 11.1. The van der Waals surface area contributed by atoms with Crippen LogP contribution in [0.3, 0.4) is 0 Å². The first-order chi connectivity index (χ1) is 7.09. The molecule has 1 amide bonds. The first-order valence-corrected chi connectivity index (χ1v) is 5.19. The molecule has 0 aromatic carbocycles. The third kappa shape index (κ3) is 1.77. The lowest BCUT2D eigenvalue weighted by Gasteiger charge is -2.31. The van der Waals surface area contributed by atoms with Gasteiger partial charge in [0.2, 0.25) is 5.88 Å². The van der Waals surface area contributed by atoms with Gasteiger partial charge in [-0.25, -0.2) is 9.78 Å². The third-order valence-electron chi connectivity index (χ3n) is 2.17. The molecule has 1 N–H and O–H groups in total. The number of aromatic nitrogens is 1. The summed E-state index contributed by atoms with van der Waals surface area (Å²) in [4.78, 5) is 16.3. The number of hydrogen-bond acceptors (Lipinski definition) is 3. The Labute approximate surface area is 94.8 Å². The van der Waals surface area contributed by atoms with E-state index in [-0.39, 0.29) is 6.04 Å². The first-order valence-electron chi connectivity index (χ1n) is 4.40. The number of carboxylic acid groups (broad SMARTS) is 1. The lowest BCUT2D eigenvalue weighted by molar-refractivity contribution is 0.188. The Bertz CT molecular complexity index is 410. The Kier molecular flexibility index (Phi) is 2.52. The summed E-state index contributed by atoms with van der Waals surface area (Å²) in [5.41, 5.74) is 0.482. The molecule has 5 nitrogen and oxygen atoms in total. The van der Waals surface area contributed by atoms with Crippen molar-refractivity contribution in [1.82, 2.24) is 4.98 Å². The van der Waals surface area contributed by atoms with Gasteiger partial charge >= 0.3 is 6.09 Å². The van der Waals surface area contributed by atoms with Crippen molar-refractivity contribution in [3.63, 3.8) is 0 Å². The molecule has 0 radical (unpaired) electrons. The van der Waals surface area contributed by atoms with Crippen LogP contribution in [-0.4, -0.2) is 28.8 Å². The van der Waals surface area contributed by atoms with Crippen LogP contribution in [0.2, 0.25) is 0 Å². The number of hydrogen-bond donors (Lipinski definition) is 1. The van der Waals surface area contributed by atoms with Crippen LogP contribution in [0.1, 0.15) is 6.92 Å². The van der Waals surface area contributed by atoms with Gasteiger partial charge < -0.3 is 9.84 Å². The highest BCUT2D eigenvalue weighted by Gasteiger charge is 2.30. The maximum absolute atomic E-state index is 11.1. The van der Waals surface area contributed by atoms with Crippen molar-refractivity contribution >= 4 is 27.7 Å². The predicted molar refractivity (Wildman–Crippen MR) is 57.4 cm³/mol. The number of anilines is 1. The Morgan fingerprint density at radius 3 is 3.20 bits per heavy atom. The summed E-state index contributed by atoms with van der Waals surface area (Å²) < 4.78 is 6.06. The molecule has 1 unspecified atom stereocenters. The highest BCUT2D eigenvalue weighted by atomic mass is 79.9. The van der Waals surface area contributed by atoms with Crippen molar-refractivity contribution in [2.75, 3.05) is 11.5 Å². The van der Waals surface area contributed by atoms with E-state index in [1.807, 2.05) is 0 Å². The molecule has 0 saturated carbocycles. The highest BCUT2D eigenvalue weighted by molar-refractivity contribution is 9.10. The number of rotatable bonds is 0. The van der Waals surface area contributed by atoms with E-state index >= 15 is 0 Å². The van der Waals surface area contributed by atoms with E-state index in [2.05, 4.69) is 20.9 Å². The lowest BCUT2D eigenvalue weighted by Crippen LogP contribution is -2.44. The summed E-state index contributed by atoms with van der Waals surface area (Å²) in [7, 11) is 0. The van der Waals surface area contributed by atoms with E-state index in [1.165, 1.54) is 4.90 Å². The summed E-state index contributed by atoms with van der Waals surface area (Å²) in [6.07, 6.45) is 0.585. The van der Waals surface area contributed by atoms with Gasteiger partial charge in [-0.2, -0.15) is 0 Å². The second-order valence-corrected chi connectivity index (χ2v) is 4.21. The molecule has 1 aliphatic heterocycles. The van der Waals surface area contributed by atoms with Crippen molar-refractivity contribution in [3.8, 4) is 5.88 Å². The number of halogens is 1. The maximum Gasteiger partial charge on any atom is 0.412 e. The predicted octanol–water partition coefficient (Wildman–Crippen LogP) is 2.11. The molecule has 0 aliphatic carbocycles. The number of fused-ring (bicyclic) bond motifs is 1. The summed E-state index contributed by atoms with van der Waals surface area (Å²) in [6.45, 7) is 2.12. The zero-order valence-electron chi connectivity index (χ0n) is 7.98. The summed E-state index contributed by atoms with van der Waals surface area (Å²) in [5, 5.41) is 9.07. The van der Waals surface area contributed by atoms with Crippen LogP contribution in [0.15, 0.2) is 16.7 Å². The van der Waals surface area contributed by atoms with Crippen LogP contribution < -0.4 is 9.64 Å². The normalized spacial score (nSPS) is 19.3. The van der Waals surface area contributed by atoms with E-state index in [0.717, 1.165) is 4.47 Å². The van der Waals surface area contributed by atoms with Crippen LogP contribution in [0, 0.1) is 0 Å². The van der Waals surface area contributed by atoms with E-state index in [4.69, 9.17) is 9.84 Å². The topological polar surface area (TPSA) is 62.7 Å². The average Bonchev–Trinajstić information content (AvgIpc) is 2.16. The smallest absolute Gasteiger partial charge is 0.412 e. The minimum absolute atomic E-state index is 0.203. The molecular formula is C9H9BrN2O3. The highest BCUT2D eigenvalue weighted by Crippen LogP contribution is 2.33. The Morgan fingerprint density at radius 2 is 2.53 bits per heavy atom. The summed E-state index contributed by atoms with van der Waals surface area (Å²) >= 11 is 3.25. The van der Waals surface area contributed by atoms with Crippen molar-refractivity contribution in [2.45, 2.75) is 13.0 Å². The van der Waals surface area contributed by atoms with Crippen LogP contribution >= 0.6 is 15.9 Å². The molecule has 0 bridgehead atoms. The lowest BCUT2D eigenvalue weighted by atomic mass is 10.2. The summed E-state index contributed by atoms with van der Waals surface area (Å²) in [5.74, 6) is 0.360. The Balaban J connectivity index is 2.50. The molecule has 0 fully saturated rings. The number of pyridine rings is 1. The second kappa shape index (κ2) is 3.69. The molecule has 1 aliphatic rings. The molecule has 0 spiro atoms. The van der Waals surface area contributed by atoms with Crippen LogP contribution in [0.5, 0.6) is 5.88 Å². The zero-order valence-corrected chi connectivity index (χ0v) is 9.56. The van der Waals surface area contributed by atoms with Crippen LogP contribution in [0.4, 0.5) is 10.5 Å². The quantitative estimate of drug-likeness (QED) is 0.786. The molecule has 2 heterocycles. The standard InChI is InChI=1S/C9H9BrN2O3/c1-5-4-15-8-7(12(5)9(13)14)2-6(10)3-11-8/h2-3,5H,4H2,1H3,(H,13,14). The fourth-order valence-corrected chi connectivity index (χ4v) is 1.82. The van der Waals surface area contributed by atoms with Crippen molar-refractivity contribution in [1.29, 1.82) is 0 Å². The van der Waals surface area contributed by atoms with Crippen molar-refractivity contribution < 1.29 is 14.6 Å². The monoisotopic (exact) mass is 272 g/mol. The van der Waals surface area contributed by atoms with Gasteiger partial charge in [0, 0.05) is 10.7 Å². The molecule has 1 aromatic rings. The molecule has 1 aromatic heterocycles. The van der Waals surface area contributed by atoms with Crippen LogP contribution in [-0.2, 0) is 0 Å². The van der Waals surface area contributed by atoms with Gasteiger partial charge in [-0.05, 0) is 28.9 Å². The molecule has 6 heteroatoms. The van der Waals surface area contributed by atoms with E-state index in [0.29, 0.717) is 18.2 Å². The third-order valence-corrected chi connectivity index (χ3v) is 2.60. The van der Waals surface area contributed by atoms with Gasteiger partial charge in [-0.1, -0.05) is 0 Å². The average molecular weight is 273 g/mol. The largest absolute Gasteiger partial charge is 0.474 e. The van der Waals surface area contributed by atoms with E-state index in [1.54, 1.807) is 19.2 Å². The molecular weight excluding hydrogens is 264 g/mol. The molecule has 2 rings (SSSR count). The Hall–Kier alpha value is -1.30. The number of carbonyl (C=O) groups is 1. The van der Waals surface area contributed by atoms with Gasteiger partial charge in [0.25, 0.3) is 0 Å². The van der Waals surface area contributed by atoms with Gasteiger partial charge in [-0.15, -0.1) is 0 Å². The molecule has 0 saturated heterocycles. The second-order valence-electron chi connectivity index (χ2n) is 3.29. The summed E-state index contributed by atoms with van der Waals surface area (Å²) in [6, 6.07) is 1.48. The minimum atomic E-state index is -0.994. The van der Waals surface area contributed by atoms with E-state index in [9.17, 15) is 4.79 Å².